The number of aromatic nitrogens is 2. The highest BCUT2D eigenvalue weighted by molar-refractivity contribution is 7.99. The summed E-state index contributed by atoms with van der Waals surface area (Å²) in [7, 11) is 4.10. The van der Waals surface area contributed by atoms with E-state index in [0.29, 0.717) is 5.02 Å². The van der Waals surface area contributed by atoms with Crippen LogP contribution >= 0.6 is 23.4 Å². The Balaban J connectivity index is 1.85. The van der Waals surface area contributed by atoms with Crippen molar-refractivity contribution in [2.24, 2.45) is 0 Å². The molecule has 0 spiro atoms. The highest BCUT2D eigenvalue weighted by atomic mass is 35.5. The van der Waals surface area contributed by atoms with Crippen molar-refractivity contribution in [2.75, 3.05) is 26.4 Å². The number of nitrogens with one attached hydrogen (secondary N) is 2. The molecule has 0 radical (unpaired) electrons. The zero-order valence-corrected chi connectivity index (χ0v) is 17.8. The Morgan fingerprint density at radius 2 is 1.34 bits per heavy atom. The van der Waals surface area contributed by atoms with E-state index in [1.54, 1.807) is 48.2 Å². The number of H-pyrrole nitrogens is 2. The van der Waals surface area contributed by atoms with Crippen molar-refractivity contribution >= 4 is 35.5 Å². The van der Waals surface area contributed by atoms with Crippen LogP contribution in [0.2, 0.25) is 5.02 Å². The van der Waals surface area contributed by atoms with Gasteiger partial charge in [0.05, 0.1) is 0 Å². The summed E-state index contributed by atoms with van der Waals surface area (Å²) >= 11 is 7.65. The number of aromatic amines is 2. The van der Waals surface area contributed by atoms with Crippen molar-refractivity contribution in [1.82, 2.24) is 14.9 Å². The number of thioether (sulfide) groups is 1. The molecule has 0 amide bonds. The fourth-order valence-corrected chi connectivity index (χ4v) is 3.74. The van der Waals surface area contributed by atoms with Gasteiger partial charge in [-0.05, 0) is 61.6 Å². The summed E-state index contributed by atoms with van der Waals surface area (Å²) in [5, 5.41) is 1.02. The van der Waals surface area contributed by atoms with E-state index in [1.807, 2.05) is 24.3 Å². The molecule has 0 saturated heterocycles. The van der Waals surface area contributed by atoms with E-state index in [1.165, 1.54) is 4.90 Å². The van der Waals surface area contributed by atoms with Crippen molar-refractivity contribution in [3.63, 3.8) is 0 Å². The fraction of sp³-hybridized carbons (Fsp3) is 0.182. The summed E-state index contributed by atoms with van der Waals surface area (Å²) in [4.78, 5) is 33.4. The molecule has 0 aliphatic heterocycles. The molecular weight excluding hydrogens is 406 g/mol. The second-order valence-electron chi connectivity index (χ2n) is 6.80. The van der Waals surface area contributed by atoms with Gasteiger partial charge in [0.25, 0.3) is 11.1 Å². The average molecular weight is 428 g/mol. The van der Waals surface area contributed by atoms with Gasteiger partial charge in [0, 0.05) is 22.2 Å². The van der Waals surface area contributed by atoms with Gasteiger partial charge in [0.2, 0.25) is 0 Å². The predicted octanol–water partition coefficient (Wildman–Crippen LogP) is 2.03. The van der Waals surface area contributed by atoms with Crippen molar-refractivity contribution < 1.29 is 0 Å². The van der Waals surface area contributed by atoms with Crippen LogP contribution in [-0.4, -0.2) is 41.3 Å². The lowest BCUT2D eigenvalue weighted by atomic mass is 10.2. The number of hydrogen-bond donors (Lipinski definition) is 2. The summed E-state index contributed by atoms with van der Waals surface area (Å²) in [5.41, 5.74) is 0.906. The van der Waals surface area contributed by atoms with Crippen molar-refractivity contribution in [3.05, 3.63) is 96.1 Å². The number of benzene rings is 2. The first-order chi connectivity index (χ1) is 13.9. The Labute approximate surface area is 177 Å². The Hall–Kier alpha value is -2.54. The van der Waals surface area contributed by atoms with Crippen LogP contribution in [0.15, 0.2) is 63.0 Å². The quantitative estimate of drug-likeness (QED) is 0.590. The number of nitrogens with zero attached hydrogens (tertiary/aromatic N) is 1. The number of rotatable bonds is 6. The van der Waals surface area contributed by atoms with E-state index in [9.17, 15) is 9.59 Å². The third-order valence-electron chi connectivity index (χ3n) is 4.16. The Morgan fingerprint density at radius 3 is 1.83 bits per heavy atom. The molecule has 0 fully saturated rings. The Bertz CT molecular complexity index is 1200. The number of halogens is 1. The van der Waals surface area contributed by atoms with E-state index in [2.05, 4.69) is 29.0 Å². The zero-order chi connectivity index (χ0) is 20.8. The van der Waals surface area contributed by atoms with Crippen LogP contribution < -0.4 is 21.8 Å². The summed E-state index contributed by atoms with van der Waals surface area (Å²) < 4.78 is 0. The maximum absolute atomic E-state index is 12.4. The fourth-order valence-electron chi connectivity index (χ4n) is 2.59. The first-order valence-corrected chi connectivity index (χ1v) is 10.5. The molecule has 3 rings (SSSR count). The number of hydrogen-bond acceptors (Lipinski definition) is 4. The van der Waals surface area contributed by atoms with E-state index < -0.39 is 0 Å². The molecule has 0 aliphatic carbocycles. The van der Waals surface area contributed by atoms with Crippen molar-refractivity contribution in [1.29, 1.82) is 0 Å². The second kappa shape index (κ2) is 9.78. The van der Waals surface area contributed by atoms with Crippen LogP contribution in [0.1, 0.15) is 11.1 Å². The summed E-state index contributed by atoms with van der Waals surface area (Å²) in [6.07, 6.45) is 3.28. The van der Waals surface area contributed by atoms with Crippen LogP contribution in [0.4, 0.5) is 0 Å². The molecule has 150 valence electrons. The first-order valence-electron chi connectivity index (χ1n) is 9.10. The molecule has 0 atom stereocenters. The minimum absolute atomic E-state index is 0.196. The molecule has 1 aromatic heterocycles. The molecule has 7 heteroatoms. The van der Waals surface area contributed by atoms with Gasteiger partial charge in [-0.3, -0.25) is 9.59 Å². The molecule has 0 saturated carbocycles. The second-order valence-corrected chi connectivity index (χ2v) is 8.40. The molecule has 0 bridgehead atoms. The largest absolute Gasteiger partial charge is 0.316 e. The van der Waals surface area contributed by atoms with Gasteiger partial charge < -0.3 is 14.9 Å². The Kier molecular flexibility index (Phi) is 7.14. The topological polar surface area (TPSA) is 69.0 Å². The lowest BCUT2D eigenvalue weighted by molar-refractivity contribution is 0.437. The maximum atomic E-state index is 12.4. The smallest absolute Gasteiger partial charge is 0.272 e. The molecular formula is C22H22ClN3O2S. The molecule has 3 aromatic rings. The van der Waals surface area contributed by atoms with Gasteiger partial charge in [-0.2, -0.15) is 0 Å². The van der Waals surface area contributed by atoms with Crippen LogP contribution in [0.3, 0.4) is 0 Å². The first kappa shape index (κ1) is 21.2. The minimum atomic E-state index is -0.360. The van der Waals surface area contributed by atoms with Gasteiger partial charge in [0.1, 0.15) is 10.7 Å². The normalized spacial score (nSPS) is 12.7. The highest BCUT2D eigenvalue weighted by Crippen LogP contribution is 2.18. The average Bonchev–Trinajstić information content (AvgIpc) is 2.68. The molecule has 29 heavy (non-hydrogen) atoms. The molecule has 5 nitrogen and oxygen atoms in total. The van der Waals surface area contributed by atoms with Gasteiger partial charge in [-0.25, -0.2) is 0 Å². The van der Waals surface area contributed by atoms with Gasteiger partial charge in [-0.15, -0.1) is 11.8 Å². The Morgan fingerprint density at radius 1 is 0.862 bits per heavy atom. The minimum Gasteiger partial charge on any atom is -0.316 e. The molecule has 2 N–H and O–H groups in total. The van der Waals surface area contributed by atoms with Crippen molar-refractivity contribution in [3.8, 4) is 0 Å². The van der Waals surface area contributed by atoms with Gasteiger partial charge in [-0.1, -0.05) is 35.9 Å². The third kappa shape index (κ3) is 6.22. The standard InChI is InChI=1S/C22H22ClN3O2S/c1-26(2)11-12-29-18-9-5-16(6-10-18)14-20-22(28)24-19(21(27)25-20)13-15-3-7-17(23)8-4-15/h3-10,13-14H,11-12H2,1-2H3,(H,24,28)(H,25,27). The monoisotopic (exact) mass is 427 g/mol. The maximum Gasteiger partial charge on any atom is 0.272 e. The van der Waals surface area contributed by atoms with E-state index >= 15 is 0 Å². The van der Waals surface area contributed by atoms with Gasteiger partial charge >= 0.3 is 0 Å². The van der Waals surface area contributed by atoms with Crippen molar-refractivity contribution in [2.45, 2.75) is 4.90 Å². The predicted molar refractivity (Wildman–Crippen MR) is 121 cm³/mol. The zero-order valence-electron chi connectivity index (χ0n) is 16.2. The summed E-state index contributed by atoms with van der Waals surface area (Å²) in [5.74, 6) is 1.01. The lowest BCUT2D eigenvalue weighted by Crippen LogP contribution is -2.46. The SMILES string of the molecule is CN(C)CCSc1ccc(C=c2[nH]c(=O)c(=Cc3ccc(Cl)cc3)[nH]c2=O)cc1. The molecule has 0 aliphatic rings. The van der Waals surface area contributed by atoms with E-state index in [4.69, 9.17) is 11.6 Å². The van der Waals surface area contributed by atoms with Gasteiger partial charge in [0.15, 0.2) is 0 Å². The van der Waals surface area contributed by atoms with E-state index in [0.717, 1.165) is 23.4 Å². The molecule has 0 unspecified atom stereocenters. The highest BCUT2D eigenvalue weighted by Gasteiger charge is 1.99. The summed E-state index contributed by atoms with van der Waals surface area (Å²) in [6, 6.07) is 14.9. The van der Waals surface area contributed by atoms with Crippen LogP contribution in [0.25, 0.3) is 12.2 Å². The third-order valence-corrected chi connectivity index (χ3v) is 5.41. The van der Waals surface area contributed by atoms with E-state index in [-0.39, 0.29) is 21.8 Å². The lowest BCUT2D eigenvalue weighted by Gasteiger charge is -2.08. The van der Waals surface area contributed by atoms with Crippen LogP contribution in [-0.2, 0) is 0 Å². The molecule has 1 heterocycles. The molecule has 2 aromatic carbocycles. The van der Waals surface area contributed by atoms with Crippen LogP contribution in [0.5, 0.6) is 0 Å². The summed E-state index contributed by atoms with van der Waals surface area (Å²) in [6.45, 7) is 1.01. The van der Waals surface area contributed by atoms with Crippen LogP contribution in [0, 0.1) is 0 Å².